The van der Waals surface area contributed by atoms with Crippen molar-refractivity contribution < 1.29 is 8.83 Å². The number of benzene rings is 7. The zero-order valence-electron chi connectivity index (χ0n) is 74.5. The van der Waals surface area contributed by atoms with Gasteiger partial charge >= 0.3 is 0 Å². The number of anilines is 5. The van der Waals surface area contributed by atoms with Crippen LogP contribution in [0, 0.1) is 85.4 Å². The normalized spacial score (nSPS) is 27.6. The van der Waals surface area contributed by atoms with Gasteiger partial charge in [0.05, 0.1) is 5.69 Å². The Balaban J connectivity index is 0.000000101. The van der Waals surface area contributed by atoms with Crippen LogP contribution in [0.15, 0.2) is 154 Å². The number of furan rings is 2. The maximum atomic E-state index is 6.40. The van der Waals surface area contributed by atoms with E-state index in [9.17, 15) is 0 Å². The number of nitrogens with zero attached hydrogens (tertiary/aromatic N) is 5. The summed E-state index contributed by atoms with van der Waals surface area (Å²) in [6.07, 6.45) is 50.5. The predicted octanol–water partition coefficient (Wildman–Crippen LogP) is 29.9. The van der Waals surface area contributed by atoms with Crippen molar-refractivity contribution in [3.05, 3.63) is 173 Å². The maximum absolute atomic E-state index is 6.40. The first kappa shape index (κ1) is 80.2. The summed E-state index contributed by atoms with van der Waals surface area (Å²) in [5.74, 6) is 4.21. The van der Waals surface area contributed by atoms with E-state index in [2.05, 4.69) is 260 Å². The highest BCUT2D eigenvalue weighted by atomic mass is 16.3. The third kappa shape index (κ3) is 15.0. The molecule has 7 nitrogen and oxygen atoms in total. The summed E-state index contributed by atoms with van der Waals surface area (Å²) in [6, 6.07) is 53.0. The molecule has 14 fully saturated rings. The Hall–Kier alpha value is -6.86. The lowest BCUT2D eigenvalue weighted by atomic mass is 9.44. The van der Waals surface area contributed by atoms with Crippen LogP contribution in [0.2, 0.25) is 0 Å². The first-order valence-electron chi connectivity index (χ1n) is 47.6. The van der Waals surface area contributed by atoms with E-state index in [1.807, 2.05) is 0 Å². The van der Waals surface area contributed by atoms with Gasteiger partial charge in [-0.05, 0) is 339 Å². The lowest BCUT2D eigenvalue weighted by Crippen LogP contribution is -2.54. The Morgan fingerprint density at radius 2 is 0.647 bits per heavy atom. The summed E-state index contributed by atoms with van der Waals surface area (Å²) in [4.78, 5) is 13.7. The second-order valence-corrected chi connectivity index (χ2v) is 44.4. The van der Waals surface area contributed by atoms with Gasteiger partial charge in [0.2, 0.25) is 0 Å². The molecule has 0 N–H and O–H groups in total. The second kappa shape index (κ2) is 31.0. The van der Waals surface area contributed by atoms with Crippen molar-refractivity contribution in [2.45, 2.75) is 342 Å². The fourth-order valence-corrected chi connectivity index (χ4v) is 29.5. The molecule has 116 heavy (non-hydrogen) atoms. The molecule has 4 bridgehead atoms. The number of fused-ring (bicyclic) bond motifs is 6. The highest BCUT2D eigenvalue weighted by Crippen LogP contribution is 2.68. The lowest BCUT2D eigenvalue weighted by molar-refractivity contribution is -0.0993. The number of hydrogen-bond acceptors (Lipinski definition) is 7. The minimum atomic E-state index is 0.176. The van der Waals surface area contributed by atoms with Gasteiger partial charge in [-0.1, -0.05) is 199 Å². The van der Waals surface area contributed by atoms with Crippen molar-refractivity contribution in [1.29, 1.82) is 0 Å². The van der Waals surface area contributed by atoms with Crippen molar-refractivity contribution in [3.63, 3.8) is 0 Å². The molecule has 0 unspecified atom stereocenters. The molecule has 9 aromatic rings. The summed E-state index contributed by atoms with van der Waals surface area (Å²) in [5.41, 5.74) is 22.7. The molecule has 14 aliphatic rings. The van der Waals surface area contributed by atoms with Crippen LogP contribution in [0.5, 0.6) is 0 Å². The molecule has 2 aromatic heterocycles. The standard InChI is InChI=1S/2C24H29NO.C22H31N.C21H31N.C18H27N/c1-17-11-12-19-18-9-5-6-10-20(18)26-22(19)21(17)25-16-24(15-23(25,2)3)13-7-4-8-14-24;1-17-13-22-19(18-9-5-6-10-21(18)26-22)14-20(17)25-16-24(15-23(25,2)3)11-7-4-8-12-24;1-15-6-4-5-7-20(15)23-14-22(13-21(23,2)3)18-9-16-8-17(11-18)12-19(22)10-16;1-18-10-4-5-11-19(18)22-17-20(12-6-2-7-13-20)16-21(22)14-8-3-9-15-21;1-15-9-5-6-10-16(15)19-14-18(13-17(19,2)3)11-7-4-8-12-18/h5-6,9-12H,4,7-8,13-16H2,1-3H3;5-6,9-10,13-14H,4,7-8,11-12,15-16H2,1-3H3;4-7,16-19H,8-14H2,1-3H3;4-5,10-11H,2-3,6-9,12-17H2,1H3;5-6,9-10H,4,7-8,11-14H2,1-3H3. The topological polar surface area (TPSA) is 42.5 Å². The van der Waals surface area contributed by atoms with Crippen LogP contribution in [0.3, 0.4) is 0 Å². The van der Waals surface area contributed by atoms with E-state index < -0.39 is 0 Å². The summed E-state index contributed by atoms with van der Waals surface area (Å²) < 4.78 is 12.5. The van der Waals surface area contributed by atoms with Gasteiger partial charge < -0.3 is 33.3 Å². The lowest BCUT2D eigenvalue weighted by Gasteiger charge is -2.60. The molecule has 7 heteroatoms. The van der Waals surface area contributed by atoms with E-state index in [1.165, 1.54) is 303 Å². The van der Waals surface area contributed by atoms with E-state index in [0.717, 1.165) is 46.0 Å². The Kier molecular flexibility index (Phi) is 21.4. The molecular formula is C109H147N5O2. The fourth-order valence-electron chi connectivity index (χ4n) is 29.5. The molecule has 0 atom stereocenters. The predicted molar refractivity (Wildman–Crippen MR) is 494 cm³/mol. The van der Waals surface area contributed by atoms with Crippen LogP contribution < -0.4 is 24.5 Å². The summed E-state index contributed by atoms with van der Waals surface area (Å²) in [5, 5.41) is 4.96. The third-order valence-corrected chi connectivity index (χ3v) is 34.2. The molecule has 5 aliphatic heterocycles. The van der Waals surface area contributed by atoms with Crippen molar-refractivity contribution >= 4 is 72.3 Å². The first-order chi connectivity index (χ1) is 55.7. The zero-order chi connectivity index (χ0) is 80.3. The molecule has 9 aliphatic carbocycles. The van der Waals surface area contributed by atoms with Crippen molar-refractivity contribution in [1.82, 2.24) is 0 Å². The van der Waals surface area contributed by atoms with E-state index >= 15 is 0 Å². The Morgan fingerprint density at radius 3 is 1.13 bits per heavy atom. The average molecular weight is 1560 g/mol. The molecule has 7 aromatic carbocycles. The van der Waals surface area contributed by atoms with Gasteiger partial charge in [0, 0.05) is 105 Å². The monoisotopic (exact) mass is 1560 g/mol. The van der Waals surface area contributed by atoms with Gasteiger partial charge in [0.15, 0.2) is 5.58 Å². The van der Waals surface area contributed by atoms with Crippen LogP contribution >= 0.6 is 0 Å². The van der Waals surface area contributed by atoms with Crippen molar-refractivity contribution in [2.24, 2.45) is 50.7 Å². The molecule has 23 rings (SSSR count). The van der Waals surface area contributed by atoms with Gasteiger partial charge in [-0.15, -0.1) is 0 Å². The minimum absolute atomic E-state index is 0.176. The van der Waals surface area contributed by atoms with E-state index in [4.69, 9.17) is 8.83 Å². The zero-order valence-corrected chi connectivity index (χ0v) is 74.5. The van der Waals surface area contributed by atoms with Gasteiger partial charge in [0.1, 0.15) is 16.7 Å². The quantitative estimate of drug-likeness (QED) is 0.170. The number of hydrogen-bond donors (Lipinski definition) is 0. The smallest absolute Gasteiger partial charge is 0.158 e. The van der Waals surface area contributed by atoms with E-state index in [0.29, 0.717) is 43.7 Å². The van der Waals surface area contributed by atoms with Gasteiger partial charge in [-0.2, -0.15) is 0 Å². The molecule has 0 amide bonds. The third-order valence-electron chi connectivity index (χ3n) is 34.2. The van der Waals surface area contributed by atoms with E-state index in [-0.39, 0.29) is 11.1 Å². The Labute approximate surface area is 700 Å². The number of rotatable bonds is 5. The Bertz CT molecular complexity index is 4930. The Morgan fingerprint density at radius 1 is 0.276 bits per heavy atom. The van der Waals surface area contributed by atoms with Crippen molar-refractivity contribution in [3.8, 4) is 0 Å². The SMILES string of the molecule is Cc1cc2oc3ccccc3c2cc1N1CC2(CCCCC2)CC1(C)C.Cc1ccc2c(oc3ccccc32)c1N1CC2(CCCCC2)CC1(C)C.Cc1ccccc1N1CC2(CC1(C)C)C1CC3CC(C1)CC2C3.Cc1ccccc1N1CC2(CCCCC2)CC1(C)C.Cc1ccccc1N1CC2(CCCCC2)CC12CCCCC2. The highest BCUT2D eigenvalue weighted by Gasteiger charge is 2.63. The van der Waals surface area contributed by atoms with E-state index in [1.54, 1.807) is 32.1 Å². The largest absolute Gasteiger partial charge is 0.456 e. The average Bonchev–Trinajstić information content (AvgIpc) is 1.47. The summed E-state index contributed by atoms with van der Waals surface area (Å²) in [6.45, 7) is 37.2. The molecule has 5 saturated heterocycles. The molecule has 7 heterocycles. The van der Waals surface area contributed by atoms with Crippen LogP contribution in [0.4, 0.5) is 28.4 Å². The highest BCUT2D eigenvalue weighted by molar-refractivity contribution is 6.10. The van der Waals surface area contributed by atoms with Gasteiger partial charge in [-0.3, -0.25) is 0 Å². The van der Waals surface area contributed by atoms with Crippen LogP contribution in [0.25, 0.3) is 43.9 Å². The summed E-state index contributed by atoms with van der Waals surface area (Å²) >= 11 is 0. The summed E-state index contributed by atoms with van der Waals surface area (Å²) in [7, 11) is 0. The number of aryl methyl sites for hydroxylation is 5. The van der Waals surface area contributed by atoms with Crippen LogP contribution in [-0.2, 0) is 0 Å². The first-order valence-corrected chi connectivity index (χ1v) is 47.6. The molecule has 6 spiro atoms. The fraction of sp³-hybridized carbons (Fsp3) is 0.615. The molecule has 620 valence electrons. The minimum Gasteiger partial charge on any atom is -0.456 e. The molecule has 9 saturated carbocycles. The van der Waals surface area contributed by atoms with Crippen LogP contribution in [0.1, 0.15) is 308 Å². The van der Waals surface area contributed by atoms with Crippen molar-refractivity contribution in [2.75, 3.05) is 57.2 Å². The second-order valence-electron chi connectivity index (χ2n) is 44.4. The van der Waals surface area contributed by atoms with Gasteiger partial charge in [-0.25, -0.2) is 0 Å². The van der Waals surface area contributed by atoms with Gasteiger partial charge in [0.25, 0.3) is 0 Å². The molecular weight excluding hydrogens is 1410 g/mol. The number of para-hydroxylation sites is 5. The van der Waals surface area contributed by atoms with Crippen LogP contribution in [-0.4, -0.2) is 60.4 Å². The molecule has 0 radical (unpaired) electrons. The maximum Gasteiger partial charge on any atom is 0.158 e.